The third-order valence-electron chi connectivity index (χ3n) is 2.02. The van der Waals surface area contributed by atoms with E-state index in [9.17, 15) is 4.39 Å². The van der Waals surface area contributed by atoms with Crippen LogP contribution in [0.4, 0.5) is 10.2 Å². The molecule has 1 aromatic heterocycles. The van der Waals surface area contributed by atoms with Crippen LogP contribution in [0.5, 0.6) is 0 Å². The zero-order valence-electron chi connectivity index (χ0n) is 9.29. The van der Waals surface area contributed by atoms with Crippen molar-refractivity contribution in [1.82, 2.24) is 4.98 Å². The Morgan fingerprint density at radius 3 is 2.69 bits per heavy atom. The normalized spacial score (nSPS) is 9.12. The van der Waals surface area contributed by atoms with Gasteiger partial charge in [0.15, 0.2) is 0 Å². The maximum Gasteiger partial charge on any atom is 0.139 e. The van der Waals surface area contributed by atoms with Gasteiger partial charge in [-0.2, -0.15) is 0 Å². The van der Waals surface area contributed by atoms with Gasteiger partial charge in [0.2, 0.25) is 0 Å². The van der Waals surface area contributed by atoms with Crippen LogP contribution in [0.15, 0.2) is 24.4 Å². The topological polar surface area (TPSA) is 38.9 Å². The number of benzene rings is 1. The molecule has 0 radical (unpaired) electrons. The van der Waals surface area contributed by atoms with Crippen LogP contribution in [0.3, 0.4) is 0 Å². The lowest BCUT2D eigenvalue weighted by Gasteiger charge is -2.02. The molecule has 1 heterocycles. The Bertz CT molecular complexity index is 541. The summed E-state index contributed by atoms with van der Waals surface area (Å²) in [6.45, 7) is 4.00. The molecule has 0 atom stereocenters. The van der Waals surface area contributed by atoms with Gasteiger partial charge < -0.3 is 5.73 Å². The molecule has 0 bridgehead atoms. The van der Waals surface area contributed by atoms with E-state index in [4.69, 9.17) is 12.2 Å². The van der Waals surface area contributed by atoms with Gasteiger partial charge >= 0.3 is 0 Å². The summed E-state index contributed by atoms with van der Waals surface area (Å²) < 4.78 is 13.2. The molecule has 0 fully saturated rings. The molecule has 0 unspecified atom stereocenters. The number of terminal acetylenes is 1. The van der Waals surface area contributed by atoms with E-state index >= 15 is 0 Å². The molecule has 2 rings (SSSR count). The molecule has 0 saturated carbocycles. The van der Waals surface area contributed by atoms with Crippen molar-refractivity contribution in [2.45, 2.75) is 13.8 Å². The number of anilines is 1. The van der Waals surface area contributed by atoms with Gasteiger partial charge in [-0.3, -0.25) is 0 Å². The Morgan fingerprint density at radius 1 is 1.38 bits per heavy atom. The molecule has 0 aliphatic rings. The van der Waals surface area contributed by atoms with Gasteiger partial charge in [0.1, 0.15) is 11.6 Å². The van der Waals surface area contributed by atoms with Gasteiger partial charge in [0.05, 0.1) is 5.56 Å². The molecule has 1 aromatic carbocycles. The van der Waals surface area contributed by atoms with Crippen LogP contribution in [-0.2, 0) is 0 Å². The Morgan fingerprint density at radius 2 is 2.06 bits per heavy atom. The maximum atomic E-state index is 13.2. The molecule has 2 aromatic rings. The average molecular weight is 216 g/mol. The molecule has 3 heteroatoms. The number of nitrogen functional groups attached to an aromatic ring is 1. The van der Waals surface area contributed by atoms with Crippen LogP contribution in [0.2, 0.25) is 0 Å². The fourth-order valence-electron chi connectivity index (χ4n) is 1.36. The third kappa shape index (κ3) is 2.12. The van der Waals surface area contributed by atoms with Crippen LogP contribution < -0.4 is 5.73 Å². The molecule has 82 valence electrons. The predicted molar refractivity (Wildman–Crippen MR) is 65.4 cm³/mol. The van der Waals surface area contributed by atoms with E-state index in [-0.39, 0.29) is 5.56 Å². The van der Waals surface area contributed by atoms with Crippen LogP contribution in [0.25, 0.3) is 10.8 Å². The van der Waals surface area contributed by atoms with Crippen LogP contribution in [0, 0.1) is 18.2 Å². The average Bonchev–Trinajstić information content (AvgIpc) is 2.32. The van der Waals surface area contributed by atoms with E-state index in [0.29, 0.717) is 11.2 Å². The highest BCUT2D eigenvalue weighted by molar-refractivity contribution is 5.89. The number of nitrogens with zero attached hydrogens (tertiary/aromatic N) is 1. The highest BCUT2D eigenvalue weighted by Gasteiger charge is 2.05. The lowest BCUT2D eigenvalue weighted by Crippen LogP contribution is -1.92. The monoisotopic (exact) mass is 216 g/mol. The third-order valence-corrected chi connectivity index (χ3v) is 2.02. The quantitative estimate of drug-likeness (QED) is 0.687. The molecule has 0 aliphatic heterocycles. The fraction of sp³-hybridized carbons (Fsp3) is 0.154. The van der Waals surface area contributed by atoms with Gasteiger partial charge in [-0.25, -0.2) is 9.37 Å². The van der Waals surface area contributed by atoms with Gasteiger partial charge in [-0.1, -0.05) is 25.8 Å². The van der Waals surface area contributed by atoms with E-state index in [2.05, 4.69) is 10.9 Å². The maximum absolute atomic E-state index is 13.2. The van der Waals surface area contributed by atoms with Crippen LogP contribution >= 0.6 is 0 Å². The Balaban J connectivity index is 0.000000606. The number of hydrogen-bond donors (Lipinski definition) is 1. The number of halogens is 1. The van der Waals surface area contributed by atoms with E-state index < -0.39 is 5.82 Å². The largest absolute Gasteiger partial charge is 0.384 e. The second-order valence-electron chi connectivity index (χ2n) is 2.90. The highest BCUT2D eigenvalue weighted by atomic mass is 19.1. The molecule has 0 saturated heterocycles. The van der Waals surface area contributed by atoms with E-state index in [1.54, 1.807) is 12.1 Å². The number of hydrogen-bond acceptors (Lipinski definition) is 2. The summed E-state index contributed by atoms with van der Waals surface area (Å²) in [7, 11) is 0. The summed E-state index contributed by atoms with van der Waals surface area (Å²) in [5.74, 6) is 2.29. The van der Waals surface area contributed by atoms with Crippen LogP contribution in [-0.4, -0.2) is 4.98 Å². The Hall–Kier alpha value is -2.08. The minimum absolute atomic E-state index is 0.231. The van der Waals surface area contributed by atoms with Crippen molar-refractivity contribution in [1.29, 1.82) is 0 Å². The van der Waals surface area contributed by atoms with E-state index in [1.165, 1.54) is 12.3 Å². The van der Waals surface area contributed by atoms with Crippen molar-refractivity contribution in [2.24, 2.45) is 0 Å². The zero-order chi connectivity index (χ0) is 12.1. The summed E-state index contributed by atoms with van der Waals surface area (Å²) in [6, 6.07) is 4.62. The minimum atomic E-state index is -0.411. The number of pyridine rings is 1. The molecule has 0 aliphatic carbocycles. The lowest BCUT2D eigenvalue weighted by atomic mass is 10.1. The number of rotatable bonds is 0. The van der Waals surface area contributed by atoms with Gasteiger partial charge in [0.25, 0.3) is 0 Å². The standard InChI is InChI=1S/C11H7FN2.C2H6/c1-2-8-9-6-14-11(13)5-7(9)3-4-10(8)12;1-2/h1,3-6H,(H2,13,14);1-2H3. The molecule has 0 amide bonds. The first kappa shape index (κ1) is 12.0. The van der Waals surface area contributed by atoms with Crippen molar-refractivity contribution < 1.29 is 4.39 Å². The zero-order valence-corrected chi connectivity index (χ0v) is 9.29. The van der Waals surface area contributed by atoms with Gasteiger partial charge in [-0.05, 0) is 17.5 Å². The molecule has 2 N–H and O–H groups in total. The minimum Gasteiger partial charge on any atom is -0.384 e. The second-order valence-corrected chi connectivity index (χ2v) is 2.90. The molecule has 0 spiro atoms. The smallest absolute Gasteiger partial charge is 0.139 e. The van der Waals surface area contributed by atoms with Crippen molar-refractivity contribution in [3.05, 3.63) is 35.8 Å². The Labute approximate surface area is 94.3 Å². The summed E-state index contributed by atoms with van der Waals surface area (Å²) in [4.78, 5) is 3.87. The first-order valence-electron chi connectivity index (χ1n) is 5.02. The fourth-order valence-corrected chi connectivity index (χ4v) is 1.36. The summed E-state index contributed by atoms with van der Waals surface area (Å²) in [5.41, 5.74) is 5.73. The van der Waals surface area contributed by atoms with E-state index in [1.807, 2.05) is 13.8 Å². The number of aromatic nitrogens is 1. The Kier molecular flexibility index (Phi) is 3.84. The van der Waals surface area contributed by atoms with Crippen LogP contribution in [0.1, 0.15) is 19.4 Å². The van der Waals surface area contributed by atoms with Crippen molar-refractivity contribution in [2.75, 3.05) is 5.73 Å². The number of nitrogens with two attached hydrogens (primary N) is 1. The van der Waals surface area contributed by atoms with Crippen molar-refractivity contribution in [3.63, 3.8) is 0 Å². The van der Waals surface area contributed by atoms with Gasteiger partial charge in [-0.15, -0.1) is 6.42 Å². The second kappa shape index (κ2) is 5.13. The van der Waals surface area contributed by atoms with Crippen molar-refractivity contribution in [3.8, 4) is 12.3 Å². The number of fused-ring (bicyclic) bond motifs is 1. The summed E-state index contributed by atoms with van der Waals surface area (Å²) >= 11 is 0. The van der Waals surface area contributed by atoms with E-state index in [0.717, 1.165) is 5.39 Å². The highest BCUT2D eigenvalue weighted by Crippen LogP contribution is 2.21. The molecular weight excluding hydrogens is 203 g/mol. The molecule has 2 nitrogen and oxygen atoms in total. The van der Waals surface area contributed by atoms with Crippen molar-refractivity contribution >= 4 is 16.6 Å². The first-order chi connectivity index (χ1) is 7.72. The van der Waals surface area contributed by atoms with Gasteiger partial charge in [0, 0.05) is 11.6 Å². The predicted octanol–water partition coefficient (Wildman–Crippen LogP) is 2.96. The first-order valence-corrected chi connectivity index (χ1v) is 5.02. The lowest BCUT2D eigenvalue weighted by molar-refractivity contribution is 0.626. The SMILES string of the molecule is C#Cc1c(F)ccc2cc(N)ncc12.CC. The molecular formula is C13H13FN2. The summed E-state index contributed by atoms with van der Waals surface area (Å²) in [6.07, 6.45) is 6.69. The summed E-state index contributed by atoms with van der Waals surface area (Å²) in [5, 5.41) is 1.41. The molecule has 16 heavy (non-hydrogen) atoms.